The summed E-state index contributed by atoms with van der Waals surface area (Å²) in [7, 11) is 0. The zero-order valence-corrected chi connectivity index (χ0v) is 12.6. The molecule has 3 nitrogen and oxygen atoms in total. The van der Waals surface area contributed by atoms with Gasteiger partial charge in [-0.15, -0.1) is 0 Å². The summed E-state index contributed by atoms with van der Waals surface area (Å²) < 4.78 is 0. The Balaban J connectivity index is 1.61. The molecule has 1 aliphatic heterocycles. The molecule has 1 aliphatic rings. The average Bonchev–Trinajstić information content (AvgIpc) is 2.56. The monoisotopic (exact) mass is 295 g/mol. The largest absolute Gasteiger partial charge is 0.391 e. The van der Waals surface area contributed by atoms with Gasteiger partial charge in [0.2, 0.25) is 5.91 Å². The van der Waals surface area contributed by atoms with Gasteiger partial charge in [0.25, 0.3) is 0 Å². The lowest BCUT2D eigenvalue weighted by Gasteiger charge is -2.36. The molecule has 2 atom stereocenters. The van der Waals surface area contributed by atoms with Crippen LogP contribution in [0.4, 0.5) is 0 Å². The third-order valence-electron chi connectivity index (χ3n) is 4.36. The van der Waals surface area contributed by atoms with Crippen molar-refractivity contribution < 1.29 is 9.90 Å². The number of aliphatic hydroxyl groups is 1. The van der Waals surface area contributed by atoms with E-state index >= 15 is 0 Å². The van der Waals surface area contributed by atoms with Crippen molar-refractivity contribution in [2.24, 2.45) is 0 Å². The normalized spacial score (nSPS) is 21.6. The maximum atomic E-state index is 12.4. The van der Waals surface area contributed by atoms with Crippen molar-refractivity contribution in [3.05, 3.63) is 71.8 Å². The van der Waals surface area contributed by atoms with E-state index in [1.807, 2.05) is 48.5 Å². The SMILES string of the molecule is O=C(Cc1ccccc1)N1CC[C@H](c2ccccc2)[C@@H](O)C1. The second kappa shape index (κ2) is 6.75. The molecule has 0 aromatic heterocycles. The molecule has 1 saturated heterocycles. The maximum absolute atomic E-state index is 12.4. The first-order valence-corrected chi connectivity index (χ1v) is 7.79. The standard InChI is InChI=1S/C19H21NO2/c21-18-14-20(19(22)13-15-7-3-1-4-8-15)12-11-17(18)16-9-5-2-6-10-16/h1-10,17-18,21H,11-14H2/t17-,18+/m1/s1. The molecule has 1 N–H and O–H groups in total. The third kappa shape index (κ3) is 3.37. The molecule has 2 aromatic carbocycles. The van der Waals surface area contributed by atoms with Gasteiger partial charge in [0.05, 0.1) is 12.5 Å². The van der Waals surface area contributed by atoms with Crippen molar-refractivity contribution in [3.8, 4) is 0 Å². The number of benzene rings is 2. The Labute approximate surface area is 131 Å². The molecule has 0 saturated carbocycles. The number of amides is 1. The summed E-state index contributed by atoms with van der Waals surface area (Å²) in [6.45, 7) is 1.13. The van der Waals surface area contributed by atoms with Crippen LogP contribution in [0.15, 0.2) is 60.7 Å². The number of rotatable bonds is 3. The van der Waals surface area contributed by atoms with Crippen molar-refractivity contribution in [2.45, 2.75) is 24.9 Å². The van der Waals surface area contributed by atoms with Crippen LogP contribution in [0.2, 0.25) is 0 Å². The van der Waals surface area contributed by atoms with E-state index in [1.165, 1.54) is 0 Å². The van der Waals surface area contributed by atoms with Crippen LogP contribution in [0.25, 0.3) is 0 Å². The molecule has 3 rings (SSSR count). The zero-order chi connectivity index (χ0) is 15.4. The summed E-state index contributed by atoms with van der Waals surface area (Å²) in [4.78, 5) is 14.2. The van der Waals surface area contributed by atoms with Crippen LogP contribution in [-0.2, 0) is 11.2 Å². The van der Waals surface area contributed by atoms with Gasteiger partial charge in [0.15, 0.2) is 0 Å². The number of aliphatic hydroxyl groups excluding tert-OH is 1. The number of hydrogen-bond donors (Lipinski definition) is 1. The fourth-order valence-corrected chi connectivity index (χ4v) is 3.13. The number of piperidine rings is 1. The molecule has 0 bridgehead atoms. The first-order valence-electron chi connectivity index (χ1n) is 7.79. The van der Waals surface area contributed by atoms with E-state index in [9.17, 15) is 9.90 Å². The Hall–Kier alpha value is -2.13. The first-order chi connectivity index (χ1) is 10.7. The first kappa shape index (κ1) is 14.8. The average molecular weight is 295 g/mol. The maximum Gasteiger partial charge on any atom is 0.227 e. The molecule has 3 heteroatoms. The molecule has 0 spiro atoms. The number of carbonyl (C=O) groups is 1. The van der Waals surface area contributed by atoms with Crippen molar-refractivity contribution >= 4 is 5.91 Å². The van der Waals surface area contributed by atoms with Gasteiger partial charge in [-0.25, -0.2) is 0 Å². The number of carbonyl (C=O) groups excluding carboxylic acids is 1. The van der Waals surface area contributed by atoms with E-state index in [2.05, 4.69) is 12.1 Å². The van der Waals surface area contributed by atoms with Crippen LogP contribution in [0.1, 0.15) is 23.5 Å². The van der Waals surface area contributed by atoms with Gasteiger partial charge >= 0.3 is 0 Å². The van der Waals surface area contributed by atoms with Crippen LogP contribution >= 0.6 is 0 Å². The van der Waals surface area contributed by atoms with Crippen molar-refractivity contribution in [1.82, 2.24) is 4.90 Å². The highest BCUT2D eigenvalue weighted by atomic mass is 16.3. The molecule has 1 heterocycles. The Kier molecular flexibility index (Phi) is 4.54. The lowest BCUT2D eigenvalue weighted by molar-refractivity contribution is -0.134. The van der Waals surface area contributed by atoms with Gasteiger partial charge in [-0.3, -0.25) is 4.79 Å². The van der Waals surface area contributed by atoms with E-state index in [4.69, 9.17) is 0 Å². The Morgan fingerprint density at radius 1 is 1.05 bits per heavy atom. The third-order valence-corrected chi connectivity index (χ3v) is 4.36. The predicted molar refractivity (Wildman–Crippen MR) is 86.5 cm³/mol. The summed E-state index contributed by atoms with van der Waals surface area (Å²) in [5, 5.41) is 10.4. The van der Waals surface area contributed by atoms with Gasteiger partial charge in [-0.2, -0.15) is 0 Å². The van der Waals surface area contributed by atoms with Crippen LogP contribution in [0.3, 0.4) is 0 Å². The highest BCUT2D eigenvalue weighted by Gasteiger charge is 2.30. The minimum Gasteiger partial charge on any atom is -0.391 e. The summed E-state index contributed by atoms with van der Waals surface area (Å²) in [6, 6.07) is 19.8. The molecular weight excluding hydrogens is 274 g/mol. The van der Waals surface area contributed by atoms with E-state index in [-0.39, 0.29) is 11.8 Å². The lowest BCUT2D eigenvalue weighted by atomic mass is 9.87. The molecule has 2 aromatic rings. The Morgan fingerprint density at radius 3 is 2.32 bits per heavy atom. The minimum absolute atomic E-state index is 0.0942. The molecule has 1 amide bonds. The van der Waals surface area contributed by atoms with Crippen LogP contribution < -0.4 is 0 Å². The van der Waals surface area contributed by atoms with Gasteiger partial charge in [0.1, 0.15) is 0 Å². The number of nitrogens with zero attached hydrogens (tertiary/aromatic N) is 1. The fraction of sp³-hybridized carbons (Fsp3) is 0.316. The second-order valence-corrected chi connectivity index (χ2v) is 5.88. The van der Waals surface area contributed by atoms with E-state index in [0.717, 1.165) is 17.5 Å². The highest BCUT2D eigenvalue weighted by molar-refractivity contribution is 5.79. The van der Waals surface area contributed by atoms with E-state index in [1.54, 1.807) is 4.90 Å². The topological polar surface area (TPSA) is 40.5 Å². The fourth-order valence-electron chi connectivity index (χ4n) is 3.13. The summed E-state index contributed by atoms with van der Waals surface area (Å²) in [5.41, 5.74) is 2.18. The highest BCUT2D eigenvalue weighted by Crippen LogP contribution is 2.28. The molecule has 0 aliphatic carbocycles. The van der Waals surface area contributed by atoms with E-state index < -0.39 is 6.10 Å². The van der Waals surface area contributed by atoms with Gasteiger partial charge in [-0.1, -0.05) is 60.7 Å². The summed E-state index contributed by atoms with van der Waals surface area (Å²) in [6.07, 6.45) is 0.728. The van der Waals surface area contributed by atoms with Crippen LogP contribution in [0.5, 0.6) is 0 Å². The minimum atomic E-state index is -0.490. The van der Waals surface area contributed by atoms with Crippen LogP contribution in [-0.4, -0.2) is 35.1 Å². The van der Waals surface area contributed by atoms with Gasteiger partial charge < -0.3 is 10.0 Å². The molecular formula is C19H21NO2. The number of β-amino-alcohol motifs (C(OH)–C–C–N with tert-alkyl or cyclic N) is 1. The second-order valence-electron chi connectivity index (χ2n) is 5.88. The molecule has 114 valence electrons. The Morgan fingerprint density at radius 2 is 1.68 bits per heavy atom. The van der Waals surface area contributed by atoms with Crippen molar-refractivity contribution in [3.63, 3.8) is 0 Å². The number of hydrogen-bond acceptors (Lipinski definition) is 2. The van der Waals surface area contributed by atoms with Gasteiger partial charge in [-0.05, 0) is 17.5 Å². The molecule has 1 fully saturated rings. The number of likely N-dealkylation sites (tertiary alicyclic amines) is 1. The summed E-state index contributed by atoms with van der Waals surface area (Å²) in [5.74, 6) is 0.221. The van der Waals surface area contributed by atoms with Crippen molar-refractivity contribution in [2.75, 3.05) is 13.1 Å². The van der Waals surface area contributed by atoms with E-state index in [0.29, 0.717) is 19.5 Å². The quantitative estimate of drug-likeness (QED) is 0.945. The Bertz CT molecular complexity index is 612. The predicted octanol–water partition coefficient (Wildman–Crippen LogP) is 2.61. The van der Waals surface area contributed by atoms with Crippen LogP contribution in [0, 0.1) is 0 Å². The summed E-state index contributed by atoms with van der Waals surface area (Å²) >= 11 is 0. The molecule has 0 unspecified atom stereocenters. The smallest absolute Gasteiger partial charge is 0.227 e. The lowest BCUT2D eigenvalue weighted by Crippen LogP contribution is -2.46. The van der Waals surface area contributed by atoms with Gasteiger partial charge in [0, 0.05) is 19.0 Å². The zero-order valence-electron chi connectivity index (χ0n) is 12.6. The van der Waals surface area contributed by atoms with Crippen molar-refractivity contribution in [1.29, 1.82) is 0 Å². The molecule has 0 radical (unpaired) electrons. The molecule has 22 heavy (non-hydrogen) atoms.